The number of carbonyl (C=O) groups excluding carboxylic acids is 2. The Labute approximate surface area is 242 Å². The lowest BCUT2D eigenvalue weighted by atomic mass is 9.95. The van der Waals surface area contributed by atoms with E-state index in [1.807, 2.05) is 55.4 Å². The summed E-state index contributed by atoms with van der Waals surface area (Å²) in [7, 11) is 3.82. The molecular weight excluding hydrogens is 563 g/mol. The zero-order valence-corrected chi connectivity index (χ0v) is 23.6. The van der Waals surface area contributed by atoms with Crippen molar-refractivity contribution >= 4 is 56.6 Å². The van der Waals surface area contributed by atoms with Crippen LogP contribution in [0, 0.1) is 5.82 Å². The Morgan fingerprint density at radius 1 is 1.07 bits per heavy atom. The second-order valence-corrected chi connectivity index (χ2v) is 11.7. The number of anilines is 2. The van der Waals surface area contributed by atoms with Gasteiger partial charge in [0.05, 0.1) is 11.6 Å². The van der Waals surface area contributed by atoms with Gasteiger partial charge in [-0.2, -0.15) is 0 Å². The van der Waals surface area contributed by atoms with E-state index in [1.165, 1.54) is 40.1 Å². The van der Waals surface area contributed by atoms with Crippen molar-refractivity contribution in [2.75, 3.05) is 23.9 Å². The molecule has 3 aromatic carbocycles. The third-order valence-corrected chi connectivity index (χ3v) is 8.83. The minimum Gasteiger partial charge on any atom is -0.503 e. The van der Waals surface area contributed by atoms with Gasteiger partial charge in [0.25, 0.3) is 5.91 Å². The van der Waals surface area contributed by atoms with Crippen molar-refractivity contribution in [1.29, 1.82) is 0 Å². The molecule has 0 aliphatic carbocycles. The van der Waals surface area contributed by atoms with Crippen molar-refractivity contribution < 1.29 is 23.5 Å². The summed E-state index contributed by atoms with van der Waals surface area (Å²) in [5.74, 6) is -1.77. The van der Waals surface area contributed by atoms with Gasteiger partial charge in [0.2, 0.25) is 10.9 Å². The van der Waals surface area contributed by atoms with Gasteiger partial charge in [-0.1, -0.05) is 65.6 Å². The zero-order chi connectivity index (χ0) is 28.7. The Balaban J connectivity index is 1.36. The maximum Gasteiger partial charge on any atom is 0.296 e. The highest BCUT2D eigenvalue weighted by molar-refractivity contribution is 8.00. The fourth-order valence-corrected chi connectivity index (χ4v) is 6.44. The van der Waals surface area contributed by atoms with Gasteiger partial charge in [-0.25, -0.2) is 4.39 Å². The van der Waals surface area contributed by atoms with E-state index in [0.29, 0.717) is 21.2 Å². The molecule has 3 heterocycles. The third kappa shape index (κ3) is 5.09. The summed E-state index contributed by atoms with van der Waals surface area (Å²) in [6.45, 7) is 0. The van der Waals surface area contributed by atoms with Crippen LogP contribution in [-0.4, -0.2) is 41.1 Å². The van der Waals surface area contributed by atoms with E-state index < -0.39 is 23.5 Å². The summed E-state index contributed by atoms with van der Waals surface area (Å²) >= 11 is 2.56. The first-order chi connectivity index (χ1) is 19.8. The lowest BCUT2D eigenvalue weighted by Crippen LogP contribution is -2.31. The SMILES string of the molecule is CN(C)c1ccc(C2C(C(=O)c3cc4ccccc4o3)=C(O)C(=O)N2c2nnc(SCc3ccc(F)cc3)s2)cc1. The first-order valence-electron chi connectivity index (χ1n) is 12.6. The lowest BCUT2D eigenvalue weighted by molar-refractivity contribution is -0.117. The van der Waals surface area contributed by atoms with Crippen LogP contribution in [0.25, 0.3) is 11.0 Å². The monoisotopic (exact) mass is 586 g/mol. The van der Waals surface area contributed by atoms with Crippen LogP contribution in [0.5, 0.6) is 0 Å². The van der Waals surface area contributed by atoms with Crippen LogP contribution in [0.2, 0.25) is 0 Å². The van der Waals surface area contributed by atoms with Gasteiger partial charge in [0.1, 0.15) is 11.4 Å². The van der Waals surface area contributed by atoms with Gasteiger partial charge in [0.15, 0.2) is 15.9 Å². The first-order valence-corrected chi connectivity index (χ1v) is 14.4. The fourth-order valence-electron chi connectivity index (χ4n) is 4.62. The number of aromatic nitrogens is 2. The van der Waals surface area contributed by atoms with Crippen LogP contribution < -0.4 is 9.80 Å². The van der Waals surface area contributed by atoms with E-state index in [-0.39, 0.29) is 22.3 Å². The van der Waals surface area contributed by atoms with E-state index in [2.05, 4.69) is 10.2 Å². The number of rotatable bonds is 8. The van der Waals surface area contributed by atoms with Crippen molar-refractivity contribution in [3.8, 4) is 0 Å². The number of ketones is 1. The normalized spacial score (nSPS) is 15.2. The Kier molecular flexibility index (Phi) is 7.06. The molecule has 8 nitrogen and oxygen atoms in total. The predicted octanol–water partition coefficient (Wildman–Crippen LogP) is 6.56. The molecule has 41 heavy (non-hydrogen) atoms. The molecule has 1 unspecified atom stereocenters. The van der Waals surface area contributed by atoms with Crippen LogP contribution in [0.3, 0.4) is 0 Å². The smallest absolute Gasteiger partial charge is 0.296 e. The molecule has 2 aromatic heterocycles. The van der Waals surface area contributed by atoms with Crippen LogP contribution in [0.15, 0.2) is 99.0 Å². The Morgan fingerprint density at radius 3 is 2.51 bits per heavy atom. The standard InChI is InChI=1S/C30H23FN4O4S2/c1-34(2)21-13-9-18(10-14-21)25-24(26(36)23-15-19-5-3-4-6-22(19)39-23)27(37)28(38)35(25)29-32-33-30(41-29)40-16-17-7-11-20(31)12-8-17/h3-15,25,37H,16H2,1-2H3. The molecule has 0 spiro atoms. The summed E-state index contributed by atoms with van der Waals surface area (Å²) in [4.78, 5) is 30.6. The van der Waals surface area contributed by atoms with Crippen LogP contribution in [0.1, 0.15) is 27.7 Å². The number of benzene rings is 3. The minimum atomic E-state index is -0.956. The van der Waals surface area contributed by atoms with Gasteiger partial charge < -0.3 is 14.4 Å². The number of Topliss-reactive ketones (excluding diaryl/α,β-unsaturated/α-hetero) is 1. The maximum atomic E-state index is 13.8. The summed E-state index contributed by atoms with van der Waals surface area (Å²) < 4.78 is 19.6. The average molecular weight is 587 g/mol. The molecule has 5 aromatic rings. The number of hydrogen-bond donors (Lipinski definition) is 1. The molecule has 0 fully saturated rings. The van der Waals surface area contributed by atoms with Crippen molar-refractivity contribution in [1.82, 2.24) is 10.2 Å². The fraction of sp³-hybridized carbons (Fsp3) is 0.133. The number of para-hydroxylation sites is 1. The first kappa shape index (κ1) is 26.7. The number of thioether (sulfide) groups is 1. The van der Waals surface area contributed by atoms with E-state index in [9.17, 15) is 19.1 Å². The highest BCUT2D eigenvalue weighted by Crippen LogP contribution is 2.44. The van der Waals surface area contributed by atoms with Crippen molar-refractivity contribution in [2.24, 2.45) is 0 Å². The van der Waals surface area contributed by atoms with Crippen LogP contribution in [0.4, 0.5) is 15.2 Å². The molecule has 0 saturated heterocycles. The second-order valence-electron chi connectivity index (χ2n) is 9.57. The maximum absolute atomic E-state index is 13.8. The quantitative estimate of drug-likeness (QED) is 0.124. The Morgan fingerprint density at radius 2 is 1.80 bits per heavy atom. The minimum absolute atomic E-state index is 0.0186. The molecule has 1 atom stereocenters. The van der Waals surface area contributed by atoms with E-state index in [1.54, 1.807) is 30.3 Å². The van der Waals surface area contributed by atoms with Gasteiger partial charge in [0, 0.05) is 30.9 Å². The van der Waals surface area contributed by atoms with Crippen molar-refractivity contribution in [2.45, 2.75) is 16.1 Å². The number of fused-ring (bicyclic) bond motifs is 1. The molecule has 1 aliphatic rings. The van der Waals surface area contributed by atoms with Crippen LogP contribution in [-0.2, 0) is 10.5 Å². The van der Waals surface area contributed by atoms with E-state index in [4.69, 9.17) is 4.42 Å². The predicted molar refractivity (Wildman–Crippen MR) is 157 cm³/mol. The van der Waals surface area contributed by atoms with Gasteiger partial charge >= 0.3 is 0 Å². The largest absolute Gasteiger partial charge is 0.503 e. The lowest BCUT2D eigenvalue weighted by Gasteiger charge is -2.24. The molecule has 6 rings (SSSR count). The molecule has 206 valence electrons. The molecule has 1 amide bonds. The average Bonchev–Trinajstić information content (AvgIpc) is 3.69. The number of furan rings is 1. The highest BCUT2D eigenvalue weighted by atomic mass is 32.2. The third-order valence-electron chi connectivity index (χ3n) is 6.70. The number of hydrogen-bond acceptors (Lipinski definition) is 9. The molecule has 0 bridgehead atoms. The zero-order valence-electron chi connectivity index (χ0n) is 21.9. The molecule has 0 radical (unpaired) electrons. The van der Waals surface area contributed by atoms with Crippen LogP contribution >= 0.6 is 23.1 Å². The number of aliphatic hydroxyl groups excluding tert-OH is 1. The molecule has 11 heteroatoms. The Hall–Kier alpha value is -4.48. The molecular formula is C30H23FN4O4S2. The number of amides is 1. The Bertz CT molecular complexity index is 1760. The van der Waals surface area contributed by atoms with Gasteiger partial charge in [-0.15, -0.1) is 10.2 Å². The molecule has 1 aliphatic heterocycles. The number of halogens is 1. The summed E-state index contributed by atoms with van der Waals surface area (Å²) in [5, 5.41) is 20.5. The van der Waals surface area contributed by atoms with Gasteiger partial charge in [-0.3, -0.25) is 14.5 Å². The van der Waals surface area contributed by atoms with Gasteiger partial charge in [-0.05, 0) is 47.5 Å². The molecule has 0 saturated carbocycles. The second kappa shape index (κ2) is 10.8. The number of nitrogens with zero attached hydrogens (tertiary/aromatic N) is 4. The molecule has 1 N–H and O–H groups in total. The van der Waals surface area contributed by atoms with E-state index >= 15 is 0 Å². The van der Waals surface area contributed by atoms with Crippen molar-refractivity contribution in [3.63, 3.8) is 0 Å². The summed E-state index contributed by atoms with van der Waals surface area (Å²) in [6, 6.07) is 21.4. The van der Waals surface area contributed by atoms with Crippen molar-refractivity contribution in [3.05, 3.63) is 113 Å². The summed E-state index contributed by atoms with van der Waals surface area (Å²) in [6.07, 6.45) is 0. The topological polar surface area (TPSA) is 99.8 Å². The van der Waals surface area contributed by atoms with E-state index in [0.717, 1.165) is 16.6 Å². The number of carbonyl (C=O) groups is 2. The number of aliphatic hydroxyl groups is 1. The summed E-state index contributed by atoms with van der Waals surface area (Å²) in [5.41, 5.74) is 2.88. The highest BCUT2D eigenvalue weighted by Gasteiger charge is 2.46.